The summed E-state index contributed by atoms with van der Waals surface area (Å²) in [5.74, 6) is 0.129. The highest BCUT2D eigenvalue weighted by atomic mass is 35.5. The van der Waals surface area contributed by atoms with E-state index in [1.165, 1.54) is 70.1 Å². The van der Waals surface area contributed by atoms with Crippen LogP contribution < -0.4 is 10.7 Å². The van der Waals surface area contributed by atoms with Crippen LogP contribution in [0.3, 0.4) is 0 Å². The molecular formula is C20H32ClN3OS. The number of nitrogens with zero attached hydrogens (tertiary/aromatic N) is 1. The summed E-state index contributed by atoms with van der Waals surface area (Å²) in [5.41, 5.74) is 3.29. The molecule has 0 aliphatic heterocycles. The number of thiocarbonyl (C=S) groups is 1. The second-order valence-electron chi connectivity index (χ2n) is 6.51. The molecule has 0 unspecified atom stereocenters. The zero-order valence-electron chi connectivity index (χ0n) is 15.8. The summed E-state index contributed by atoms with van der Waals surface area (Å²) in [7, 11) is 0. The molecule has 0 atom stereocenters. The van der Waals surface area contributed by atoms with E-state index >= 15 is 0 Å². The van der Waals surface area contributed by atoms with Gasteiger partial charge < -0.3 is 10.4 Å². The van der Waals surface area contributed by atoms with Gasteiger partial charge in [0.25, 0.3) is 0 Å². The van der Waals surface area contributed by atoms with E-state index in [1.54, 1.807) is 12.1 Å². The molecule has 0 bridgehead atoms. The number of nitrogens with one attached hydrogen (secondary N) is 2. The van der Waals surface area contributed by atoms with Crippen LogP contribution in [0.5, 0.6) is 5.75 Å². The average molecular weight is 398 g/mol. The second kappa shape index (κ2) is 14.8. The molecule has 0 saturated carbocycles. The van der Waals surface area contributed by atoms with Crippen molar-refractivity contribution in [1.82, 2.24) is 10.7 Å². The summed E-state index contributed by atoms with van der Waals surface area (Å²) in [6.45, 7) is 3.10. The van der Waals surface area contributed by atoms with E-state index < -0.39 is 0 Å². The molecule has 0 saturated heterocycles. The van der Waals surface area contributed by atoms with Crippen molar-refractivity contribution in [3.63, 3.8) is 0 Å². The number of hydrogen-bond acceptors (Lipinski definition) is 3. The van der Waals surface area contributed by atoms with Gasteiger partial charge >= 0.3 is 0 Å². The molecule has 0 fully saturated rings. The standard InChI is InChI=1S/C20H32ClN3OS/c1-2-3-4-5-6-7-8-9-10-11-14-22-20(26)24-23-16-17-15-18(21)12-13-19(17)25/h12-13,15-16,25H,2-11,14H2,1H3,(H2,22,24,26)/b23-16-. The number of hydrogen-bond donors (Lipinski definition) is 3. The Labute approximate surface area is 168 Å². The fourth-order valence-corrected chi connectivity index (χ4v) is 2.98. The van der Waals surface area contributed by atoms with Crippen LogP contribution in [0, 0.1) is 0 Å². The molecule has 4 nitrogen and oxygen atoms in total. The number of phenols is 1. The number of unbranched alkanes of at least 4 members (excludes halogenated alkanes) is 9. The van der Waals surface area contributed by atoms with E-state index in [0.29, 0.717) is 15.7 Å². The summed E-state index contributed by atoms with van der Waals surface area (Å²) in [6.07, 6.45) is 14.7. The van der Waals surface area contributed by atoms with Crippen LogP contribution in [0.15, 0.2) is 23.3 Å². The normalized spacial score (nSPS) is 11.0. The molecule has 26 heavy (non-hydrogen) atoms. The molecule has 6 heteroatoms. The molecular weight excluding hydrogens is 366 g/mol. The summed E-state index contributed by atoms with van der Waals surface area (Å²) in [6, 6.07) is 4.80. The number of benzene rings is 1. The van der Waals surface area contributed by atoms with Crippen LogP contribution >= 0.6 is 23.8 Å². The van der Waals surface area contributed by atoms with Crippen molar-refractivity contribution in [2.45, 2.75) is 71.1 Å². The topological polar surface area (TPSA) is 56.7 Å². The Morgan fingerprint density at radius 2 is 1.69 bits per heavy atom. The van der Waals surface area contributed by atoms with E-state index in [4.69, 9.17) is 23.8 Å². The Hall–Kier alpha value is -1.33. The van der Waals surface area contributed by atoms with Gasteiger partial charge in [-0.15, -0.1) is 0 Å². The zero-order valence-corrected chi connectivity index (χ0v) is 17.3. The minimum Gasteiger partial charge on any atom is -0.507 e. The molecule has 1 aromatic carbocycles. The van der Waals surface area contributed by atoms with Gasteiger partial charge in [0.1, 0.15) is 5.75 Å². The van der Waals surface area contributed by atoms with Gasteiger partial charge in [-0.2, -0.15) is 5.10 Å². The summed E-state index contributed by atoms with van der Waals surface area (Å²) < 4.78 is 0. The van der Waals surface area contributed by atoms with Crippen molar-refractivity contribution in [2.75, 3.05) is 6.54 Å². The maximum absolute atomic E-state index is 9.69. The minimum absolute atomic E-state index is 0.129. The SMILES string of the molecule is CCCCCCCCCCCCNC(=S)N/N=C\c1cc(Cl)ccc1O. The Kier molecular flexibility index (Phi) is 12.9. The van der Waals surface area contributed by atoms with E-state index in [0.717, 1.165) is 13.0 Å². The van der Waals surface area contributed by atoms with Crippen molar-refractivity contribution in [1.29, 1.82) is 0 Å². The number of phenolic OH excluding ortho intramolecular Hbond substituents is 1. The van der Waals surface area contributed by atoms with Gasteiger partial charge in [0, 0.05) is 17.1 Å². The lowest BCUT2D eigenvalue weighted by Crippen LogP contribution is -2.32. The second-order valence-corrected chi connectivity index (χ2v) is 7.36. The first-order valence-electron chi connectivity index (χ1n) is 9.69. The fraction of sp³-hybridized carbons (Fsp3) is 0.600. The third kappa shape index (κ3) is 11.3. The molecule has 1 rings (SSSR count). The van der Waals surface area contributed by atoms with Gasteiger partial charge in [-0.1, -0.05) is 76.3 Å². The Balaban J connectivity index is 2.00. The summed E-state index contributed by atoms with van der Waals surface area (Å²) >= 11 is 11.1. The predicted octanol–water partition coefficient (Wildman–Crippen LogP) is 5.76. The number of rotatable bonds is 13. The van der Waals surface area contributed by atoms with Crippen molar-refractivity contribution in [3.05, 3.63) is 28.8 Å². The van der Waals surface area contributed by atoms with Crippen LogP contribution in [-0.4, -0.2) is 23.0 Å². The van der Waals surface area contributed by atoms with Crippen LogP contribution in [0.4, 0.5) is 0 Å². The summed E-state index contributed by atoms with van der Waals surface area (Å²) in [4.78, 5) is 0. The first-order valence-corrected chi connectivity index (χ1v) is 10.5. The van der Waals surface area contributed by atoms with Crippen molar-refractivity contribution in [2.24, 2.45) is 5.10 Å². The third-order valence-electron chi connectivity index (χ3n) is 4.18. The summed E-state index contributed by atoms with van der Waals surface area (Å²) in [5, 5.41) is 17.9. The number of aromatic hydroxyl groups is 1. The Bertz CT molecular complexity index is 552. The first kappa shape index (κ1) is 22.7. The maximum Gasteiger partial charge on any atom is 0.186 e. The zero-order chi connectivity index (χ0) is 19.0. The highest BCUT2D eigenvalue weighted by Gasteiger charge is 1.99. The lowest BCUT2D eigenvalue weighted by Gasteiger charge is -2.07. The van der Waals surface area contributed by atoms with Crippen LogP contribution in [-0.2, 0) is 0 Å². The molecule has 0 heterocycles. The van der Waals surface area contributed by atoms with E-state index in [-0.39, 0.29) is 5.75 Å². The Morgan fingerprint density at radius 1 is 1.08 bits per heavy atom. The predicted molar refractivity (Wildman–Crippen MR) is 116 cm³/mol. The average Bonchev–Trinajstić information content (AvgIpc) is 2.62. The smallest absolute Gasteiger partial charge is 0.186 e. The lowest BCUT2D eigenvalue weighted by atomic mass is 10.1. The lowest BCUT2D eigenvalue weighted by molar-refractivity contribution is 0.474. The minimum atomic E-state index is 0.129. The largest absolute Gasteiger partial charge is 0.507 e. The molecule has 1 aromatic rings. The van der Waals surface area contributed by atoms with Gasteiger partial charge in [0.05, 0.1) is 6.21 Å². The maximum atomic E-state index is 9.69. The van der Waals surface area contributed by atoms with Gasteiger partial charge in [0.15, 0.2) is 5.11 Å². The molecule has 0 aliphatic carbocycles. The molecule has 3 N–H and O–H groups in total. The molecule has 0 radical (unpaired) electrons. The molecule has 0 spiro atoms. The first-order chi connectivity index (χ1) is 12.6. The van der Waals surface area contributed by atoms with Crippen LogP contribution in [0.2, 0.25) is 5.02 Å². The fourth-order valence-electron chi connectivity index (χ4n) is 2.64. The highest BCUT2D eigenvalue weighted by Crippen LogP contribution is 2.19. The van der Waals surface area contributed by atoms with Crippen LogP contribution in [0.1, 0.15) is 76.7 Å². The van der Waals surface area contributed by atoms with E-state index in [1.807, 2.05) is 0 Å². The molecule has 146 valence electrons. The van der Waals surface area contributed by atoms with Crippen LogP contribution in [0.25, 0.3) is 0 Å². The van der Waals surface area contributed by atoms with Crippen molar-refractivity contribution in [3.8, 4) is 5.75 Å². The Morgan fingerprint density at radius 3 is 2.35 bits per heavy atom. The monoisotopic (exact) mass is 397 g/mol. The van der Waals surface area contributed by atoms with E-state index in [2.05, 4.69) is 22.8 Å². The van der Waals surface area contributed by atoms with Crippen molar-refractivity contribution >= 4 is 35.1 Å². The van der Waals surface area contributed by atoms with Crippen molar-refractivity contribution < 1.29 is 5.11 Å². The quantitative estimate of drug-likeness (QED) is 0.171. The highest BCUT2D eigenvalue weighted by molar-refractivity contribution is 7.80. The van der Waals surface area contributed by atoms with Gasteiger partial charge in [0.2, 0.25) is 0 Å². The molecule has 0 amide bonds. The van der Waals surface area contributed by atoms with Gasteiger partial charge in [-0.05, 0) is 36.8 Å². The van der Waals surface area contributed by atoms with Gasteiger partial charge in [-0.25, -0.2) is 0 Å². The van der Waals surface area contributed by atoms with E-state index in [9.17, 15) is 5.11 Å². The number of hydrazone groups is 1. The van der Waals surface area contributed by atoms with Gasteiger partial charge in [-0.3, -0.25) is 5.43 Å². The third-order valence-corrected chi connectivity index (χ3v) is 4.65. The number of halogens is 1. The molecule has 0 aromatic heterocycles. The molecule has 0 aliphatic rings.